The number of benzene rings is 1. The number of ether oxygens (including phenoxy) is 1. The number of aryl methyl sites for hydroxylation is 1. The van der Waals surface area contributed by atoms with Gasteiger partial charge in [0.1, 0.15) is 5.75 Å². The molecule has 25 heavy (non-hydrogen) atoms. The molecule has 1 aromatic rings. The topological polar surface area (TPSA) is 29.5 Å². The third-order valence-electron chi connectivity index (χ3n) is 4.33. The minimum absolute atomic E-state index is 0.452. The minimum atomic E-state index is 0.452. The molecule has 0 radical (unpaired) electrons. The molecule has 146 valence electrons. The maximum absolute atomic E-state index is 9.58. The Balaban J connectivity index is 0.000000547. The van der Waals surface area contributed by atoms with E-state index in [1.165, 1.54) is 70.6 Å². The summed E-state index contributed by atoms with van der Waals surface area (Å²) in [6.07, 6.45) is 15.2. The number of unbranched alkanes of at least 4 members (excludes halogenated alkanes) is 8. The maximum atomic E-state index is 9.58. The summed E-state index contributed by atoms with van der Waals surface area (Å²) >= 11 is 0. The van der Waals surface area contributed by atoms with Crippen LogP contribution in [0.2, 0.25) is 0 Å². The lowest BCUT2D eigenvalue weighted by molar-refractivity contribution is 0.128. The summed E-state index contributed by atoms with van der Waals surface area (Å²) in [6.45, 7) is 8.53. The van der Waals surface area contributed by atoms with E-state index in [0.29, 0.717) is 5.75 Å². The fourth-order valence-corrected chi connectivity index (χ4v) is 2.59. The van der Waals surface area contributed by atoms with Crippen LogP contribution in [0.1, 0.15) is 97.0 Å². The first kappa shape index (κ1) is 24.0. The van der Waals surface area contributed by atoms with Gasteiger partial charge in [-0.25, -0.2) is 0 Å². The first-order valence-electron chi connectivity index (χ1n) is 10.6. The van der Waals surface area contributed by atoms with Crippen LogP contribution >= 0.6 is 0 Å². The number of phenolic OH excluding ortho intramolecular Hbond substituents is 1. The van der Waals surface area contributed by atoms with E-state index in [1.807, 2.05) is 18.2 Å². The fourth-order valence-electron chi connectivity index (χ4n) is 2.59. The summed E-state index contributed by atoms with van der Waals surface area (Å²) in [4.78, 5) is 0. The first-order valence-corrected chi connectivity index (χ1v) is 10.6. The zero-order valence-electron chi connectivity index (χ0n) is 17.1. The van der Waals surface area contributed by atoms with Crippen LogP contribution in [0.4, 0.5) is 0 Å². The number of hydrogen-bond donors (Lipinski definition) is 1. The van der Waals surface area contributed by atoms with E-state index in [9.17, 15) is 5.11 Å². The Bertz CT molecular complexity index is 370. The lowest BCUT2D eigenvalue weighted by atomic mass is 10.0. The van der Waals surface area contributed by atoms with Crippen molar-refractivity contribution in [3.8, 4) is 5.75 Å². The molecule has 0 aromatic heterocycles. The quantitative estimate of drug-likeness (QED) is 0.357. The van der Waals surface area contributed by atoms with Crippen molar-refractivity contribution < 1.29 is 9.84 Å². The van der Waals surface area contributed by atoms with Crippen molar-refractivity contribution in [2.75, 3.05) is 13.2 Å². The number of rotatable bonds is 14. The Hall–Kier alpha value is -1.02. The highest BCUT2D eigenvalue weighted by atomic mass is 16.5. The molecular weight excluding hydrogens is 308 g/mol. The second-order valence-corrected chi connectivity index (χ2v) is 6.82. The van der Waals surface area contributed by atoms with Gasteiger partial charge >= 0.3 is 0 Å². The molecule has 1 N–H and O–H groups in total. The van der Waals surface area contributed by atoms with Gasteiger partial charge in [-0.05, 0) is 37.3 Å². The summed E-state index contributed by atoms with van der Waals surface area (Å²) < 4.78 is 5.31. The highest BCUT2D eigenvalue weighted by Crippen LogP contribution is 2.18. The van der Waals surface area contributed by atoms with Crippen molar-refractivity contribution in [1.29, 1.82) is 0 Å². The molecule has 2 heteroatoms. The van der Waals surface area contributed by atoms with Crippen molar-refractivity contribution >= 4 is 0 Å². The molecule has 0 bridgehead atoms. The molecule has 0 saturated heterocycles. The van der Waals surface area contributed by atoms with Gasteiger partial charge in [0.25, 0.3) is 0 Å². The van der Waals surface area contributed by atoms with Gasteiger partial charge in [-0.1, -0.05) is 90.3 Å². The zero-order valence-corrected chi connectivity index (χ0v) is 17.1. The molecule has 1 rings (SSSR count). The van der Waals surface area contributed by atoms with Crippen LogP contribution in [0.25, 0.3) is 0 Å². The van der Waals surface area contributed by atoms with Crippen LogP contribution in [-0.4, -0.2) is 18.3 Å². The fraction of sp³-hybridized carbons (Fsp3) is 0.739. The molecule has 0 aliphatic heterocycles. The first-order chi connectivity index (χ1) is 12.3. The largest absolute Gasteiger partial charge is 0.508 e. The van der Waals surface area contributed by atoms with Crippen molar-refractivity contribution in [3.63, 3.8) is 0 Å². The summed E-state index contributed by atoms with van der Waals surface area (Å²) in [5.41, 5.74) is 1.09. The third-order valence-corrected chi connectivity index (χ3v) is 4.33. The zero-order chi connectivity index (χ0) is 18.6. The van der Waals surface area contributed by atoms with Gasteiger partial charge < -0.3 is 9.84 Å². The van der Waals surface area contributed by atoms with Crippen LogP contribution < -0.4 is 0 Å². The Morgan fingerprint density at radius 1 is 0.680 bits per heavy atom. The number of aromatic hydroxyl groups is 1. The van der Waals surface area contributed by atoms with Crippen LogP contribution in [0.5, 0.6) is 5.75 Å². The van der Waals surface area contributed by atoms with Crippen LogP contribution in [-0.2, 0) is 11.2 Å². The molecule has 0 atom stereocenters. The smallest absolute Gasteiger partial charge is 0.118 e. The predicted octanol–water partition coefficient (Wildman–Crippen LogP) is 7.29. The molecule has 0 heterocycles. The average molecular weight is 351 g/mol. The minimum Gasteiger partial charge on any atom is -0.508 e. The van der Waals surface area contributed by atoms with Crippen LogP contribution in [0.3, 0.4) is 0 Å². The molecule has 1 aromatic carbocycles. The van der Waals surface area contributed by atoms with Gasteiger partial charge in [0.2, 0.25) is 0 Å². The Kier molecular flexibility index (Phi) is 18.5. The van der Waals surface area contributed by atoms with E-state index in [4.69, 9.17) is 4.74 Å². The molecule has 2 nitrogen and oxygen atoms in total. The third kappa shape index (κ3) is 16.2. The molecule has 0 fully saturated rings. The van der Waals surface area contributed by atoms with Gasteiger partial charge in [0.05, 0.1) is 0 Å². The Morgan fingerprint density at radius 3 is 1.76 bits per heavy atom. The van der Waals surface area contributed by atoms with Crippen molar-refractivity contribution in [3.05, 3.63) is 29.8 Å². The highest BCUT2D eigenvalue weighted by molar-refractivity contribution is 5.31. The summed E-state index contributed by atoms with van der Waals surface area (Å²) in [5.74, 6) is 0.452. The average Bonchev–Trinajstić information content (AvgIpc) is 2.63. The van der Waals surface area contributed by atoms with Crippen molar-refractivity contribution in [2.24, 2.45) is 0 Å². The lowest BCUT2D eigenvalue weighted by Crippen LogP contribution is -1.95. The number of phenols is 1. The molecule has 0 spiro atoms. The Morgan fingerprint density at radius 2 is 1.20 bits per heavy atom. The molecule has 0 amide bonds. The van der Waals surface area contributed by atoms with E-state index < -0.39 is 0 Å². The second kappa shape index (κ2) is 19.3. The van der Waals surface area contributed by atoms with Gasteiger partial charge in [-0.2, -0.15) is 0 Å². The van der Waals surface area contributed by atoms with E-state index in [0.717, 1.165) is 25.2 Å². The maximum Gasteiger partial charge on any atom is 0.118 e. The van der Waals surface area contributed by atoms with Gasteiger partial charge in [-0.15, -0.1) is 0 Å². The number of hydrogen-bond acceptors (Lipinski definition) is 2. The van der Waals surface area contributed by atoms with Crippen LogP contribution in [0, 0.1) is 0 Å². The van der Waals surface area contributed by atoms with Gasteiger partial charge in [0.15, 0.2) is 0 Å². The number of para-hydroxylation sites is 1. The van der Waals surface area contributed by atoms with Crippen molar-refractivity contribution in [1.82, 2.24) is 0 Å². The summed E-state index contributed by atoms with van der Waals surface area (Å²) in [7, 11) is 0. The Labute approximate surface area is 157 Å². The molecule has 0 saturated carbocycles. The van der Waals surface area contributed by atoms with Gasteiger partial charge in [-0.3, -0.25) is 0 Å². The monoisotopic (exact) mass is 350 g/mol. The van der Waals surface area contributed by atoms with E-state index in [1.54, 1.807) is 6.07 Å². The predicted molar refractivity (Wildman–Crippen MR) is 110 cm³/mol. The summed E-state index contributed by atoms with van der Waals surface area (Å²) in [5, 5.41) is 9.58. The van der Waals surface area contributed by atoms with E-state index in [-0.39, 0.29) is 0 Å². The van der Waals surface area contributed by atoms with Gasteiger partial charge in [0, 0.05) is 13.2 Å². The molecule has 0 aliphatic carbocycles. The van der Waals surface area contributed by atoms with Crippen LogP contribution in [0.15, 0.2) is 24.3 Å². The molecule has 0 aliphatic rings. The SMILES string of the molecule is CCCCCCCCCc1ccccc1O.CCCCOCCCC. The molecular formula is C23H42O2. The van der Waals surface area contributed by atoms with E-state index >= 15 is 0 Å². The van der Waals surface area contributed by atoms with E-state index in [2.05, 4.69) is 20.8 Å². The highest BCUT2D eigenvalue weighted by Gasteiger charge is 1.98. The molecule has 0 unspecified atom stereocenters. The normalized spacial score (nSPS) is 10.4. The summed E-state index contributed by atoms with van der Waals surface area (Å²) in [6, 6.07) is 7.67. The lowest BCUT2D eigenvalue weighted by Gasteiger charge is -2.04. The van der Waals surface area contributed by atoms with Crippen molar-refractivity contribution in [2.45, 2.75) is 97.8 Å². The second-order valence-electron chi connectivity index (χ2n) is 6.82. The standard InChI is InChI=1S/C15H24O.C8H18O/c1-2-3-4-5-6-7-8-11-14-12-9-10-13-15(14)16;1-3-5-7-9-8-6-4-2/h9-10,12-13,16H,2-8,11H2,1H3;3-8H2,1-2H3.